The summed E-state index contributed by atoms with van der Waals surface area (Å²) in [7, 11) is 0. The van der Waals surface area contributed by atoms with E-state index in [9.17, 15) is 4.79 Å². The van der Waals surface area contributed by atoms with Crippen molar-refractivity contribution in [2.45, 2.75) is 29.5 Å². The molecule has 2 unspecified atom stereocenters. The van der Waals surface area contributed by atoms with Gasteiger partial charge >= 0.3 is 0 Å². The molecule has 0 bridgehead atoms. The van der Waals surface area contributed by atoms with Crippen LogP contribution in [0.25, 0.3) is 0 Å². The van der Waals surface area contributed by atoms with Crippen LogP contribution in [0.1, 0.15) is 29.7 Å². The maximum atomic E-state index is 12.7. The summed E-state index contributed by atoms with van der Waals surface area (Å²) in [5.74, 6) is -0.0189. The second-order valence-electron chi connectivity index (χ2n) is 5.73. The molecule has 1 aromatic heterocycles. The van der Waals surface area contributed by atoms with E-state index in [1.165, 1.54) is 28.7 Å². The molecule has 1 amide bonds. The predicted octanol–water partition coefficient (Wildman–Crippen LogP) is 4.23. The lowest BCUT2D eigenvalue weighted by molar-refractivity contribution is -0.120. The maximum absolute atomic E-state index is 12.7. The van der Waals surface area contributed by atoms with Gasteiger partial charge < -0.3 is 5.32 Å². The van der Waals surface area contributed by atoms with Crippen molar-refractivity contribution in [1.29, 1.82) is 0 Å². The van der Waals surface area contributed by atoms with Crippen molar-refractivity contribution in [3.63, 3.8) is 0 Å². The number of aromatic nitrogens is 2. The van der Waals surface area contributed by atoms with Gasteiger partial charge in [0.15, 0.2) is 4.34 Å². The van der Waals surface area contributed by atoms with E-state index in [2.05, 4.69) is 46.7 Å². The van der Waals surface area contributed by atoms with Crippen LogP contribution in [0.3, 0.4) is 0 Å². The van der Waals surface area contributed by atoms with Crippen LogP contribution < -0.4 is 5.32 Å². The van der Waals surface area contributed by atoms with E-state index in [1.54, 1.807) is 5.51 Å². The Morgan fingerprint density at radius 2 is 1.76 bits per heavy atom. The normalized spacial score (nSPS) is 13.2. The third kappa shape index (κ3) is 4.67. The summed E-state index contributed by atoms with van der Waals surface area (Å²) in [5, 5.41) is 10.7. The highest BCUT2D eigenvalue weighted by Gasteiger charge is 2.22. The Labute approximate surface area is 155 Å². The summed E-state index contributed by atoms with van der Waals surface area (Å²) >= 11 is 2.87. The van der Waals surface area contributed by atoms with E-state index in [0.717, 1.165) is 15.5 Å². The Balaban J connectivity index is 1.79. The molecular weight excluding hydrogens is 350 g/mol. The number of nitrogens with zero attached hydrogens (tertiary/aromatic N) is 2. The van der Waals surface area contributed by atoms with E-state index >= 15 is 0 Å². The molecule has 0 aliphatic rings. The summed E-state index contributed by atoms with van der Waals surface area (Å²) in [6, 6.07) is 18.1. The molecule has 2 aromatic carbocycles. The third-order valence-corrected chi connectivity index (χ3v) is 5.73. The summed E-state index contributed by atoms with van der Waals surface area (Å²) < 4.78 is 0.800. The lowest BCUT2D eigenvalue weighted by Gasteiger charge is -2.22. The lowest BCUT2D eigenvalue weighted by Crippen LogP contribution is -2.34. The maximum Gasteiger partial charge on any atom is 0.234 e. The summed E-state index contributed by atoms with van der Waals surface area (Å²) in [5.41, 5.74) is 5.00. The highest BCUT2D eigenvalue weighted by molar-refractivity contribution is 8.02. The number of aryl methyl sites for hydroxylation is 1. The molecule has 2 atom stereocenters. The number of hydrogen-bond acceptors (Lipinski definition) is 5. The number of nitrogens with one attached hydrogen (secondary N) is 1. The van der Waals surface area contributed by atoms with E-state index in [4.69, 9.17) is 0 Å². The standard InChI is InChI=1S/C19H19N3OS2/c1-13-8-10-16(11-9-13)17(15-6-4-3-5-7-15)21-18(23)14(2)25-19-22-20-12-24-19/h3-12,14,17H,1-2H3,(H,21,23). The van der Waals surface area contributed by atoms with Gasteiger partial charge in [0.2, 0.25) is 5.91 Å². The topological polar surface area (TPSA) is 54.9 Å². The molecule has 128 valence electrons. The minimum Gasteiger partial charge on any atom is -0.344 e. The Morgan fingerprint density at radius 3 is 2.40 bits per heavy atom. The molecule has 4 nitrogen and oxygen atoms in total. The lowest BCUT2D eigenvalue weighted by atomic mass is 9.97. The molecule has 25 heavy (non-hydrogen) atoms. The quantitative estimate of drug-likeness (QED) is 0.661. The molecule has 0 aliphatic heterocycles. The van der Waals surface area contributed by atoms with Crippen molar-refractivity contribution in [2.75, 3.05) is 0 Å². The van der Waals surface area contributed by atoms with Crippen LogP contribution in [0.15, 0.2) is 64.4 Å². The second kappa shape index (κ2) is 8.27. The first kappa shape index (κ1) is 17.6. The van der Waals surface area contributed by atoms with Gasteiger partial charge in [-0.25, -0.2) is 0 Å². The SMILES string of the molecule is Cc1ccc(C(NC(=O)C(C)Sc2nncs2)c2ccccc2)cc1. The smallest absolute Gasteiger partial charge is 0.234 e. The number of carbonyl (C=O) groups is 1. The zero-order valence-electron chi connectivity index (χ0n) is 14.0. The minimum atomic E-state index is -0.246. The van der Waals surface area contributed by atoms with Gasteiger partial charge in [-0.15, -0.1) is 10.2 Å². The average Bonchev–Trinajstić information content (AvgIpc) is 3.14. The number of hydrogen-bond donors (Lipinski definition) is 1. The predicted molar refractivity (Wildman–Crippen MR) is 103 cm³/mol. The second-order valence-corrected chi connectivity index (χ2v) is 8.15. The molecule has 3 aromatic rings. The highest BCUT2D eigenvalue weighted by atomic mass is 32.2. The molecule has 1 N–H and O–H groups in total. The van der Waals surface area contributed by atoms with Crippen molar-refractivity contribution >= 4 is 29.0 Å². The molecular formula is C19H19N3OS2. The van der Waals surface area contributed by atoms with Crippen LogP contribution in [0.4, 0.5) is 0 Å². The van der Waals surface area contributed by atoms with Crippen LogP contribution in [-0.2, 0) is 4.79 Å². The molecule has 0 radical (unpaired) electrons. The van der Waals surface area contributed by atoms with E-state index < -0.39 is 0 Å². The van der Waals surface area contributed by atoms with Crippen molar-refractivity contribution in [3.8, 4) is 0 Å². The monoisotopic (exact) mass is 369 g/mol. The number of thioether (sulfide) groups is 1. The molecule has 0 saturated heterocycles. The first-order chi connectivity index (χ1) is 12.1. The van der Waals surface area contributed by atoms with Crippen molar-refractivity contribution in [2.24, 2.45) is 0 Å². The Hall–Kier alpha value is -2.18. The van der Waals surface area contributed by atoms with Gasteiger partial charge in [-0.2, -0.15) is 0 Å². The Bertz CT molecular complexity index is 804. The molecule has 0 fully saturated rings. The average molecular weight is 370 g/mol. The highest BCUT2D eigenvalue weighted by Crippen LogP contribution is 2.27. The van der Waals surface area contributed by atoms with Crippen LogP contribution in [0, 0.1) is 6.92 Å². The molecule has 1 heterocycles. The fourth-order valence-electron chi connectivity index (χ4n) is 2.44. The molecule has 6 heteroatoms. The summed E-state index contributed by atoms with van der Waals surface area (Å²) in [6.07, 6.45) is 0. The first-order valence-corrected chi connectivity index (χ1v) is 9.74. The van der Waals surface area contributed by atoms with Gasteiger partial charge in [0.25, 0.3) is 0 Å². The van der Waals surface area contributed by atoms with Crippen LogP contribution in [-0.4, -0.2) is 21.4 Å². The molecule has 0 aliphatic carbocycles. The van der Waals surface area contributed by atoms with E-state index in [1.807, 2.05) is 37.3 Å². The molecule has 0 saturated carbocycles. The Kier molecular flexibility index (Phi) is 5.83. The number of carbonyl (C=O) groups excluding carboxylic acids is 1. The number of benzene rings is 2. The largest absolute Gasteiger partial charge is 0.344 e. The van der Waals surface area contributed by atoms with Crippen molar-refractivity contribution in [3.05, 3.63) is 76.8 Å². The van der Waals surface area contributed by atoms with Crippen LogP contribution in [0.2, 0.25) is 0 Å². The summed E-state index contributed by atoms with van der Waals surface area (Å²) in [6.45, 7) is 3.94. The fourth-order valence-corrected chi connectivity index (χ4v) is 4.08. The molecule has 3 rings (SSSR count). The number of amides is 1. The van der Waals surface area contributed by atoms with Gasteiger partial charge in [-0.3, -0.25) is 4.79 Å². The van der Waals surface area contributed by atoms with Gasteiger partial charge in [0, 0.05) is 0 Å². The van der Waals surface area contributed by atoms with Crippen molar-refractivity contribution in [1.82, 2.24) is 15.5 Å². The fraction of sp³-hybridized carbons (Fsp3) is 0.211. The van der Waals surface area contributed by atoms with Gasteiger partial charge in [0.1, 0.15) is 5.51 Å². The van der Waals surface area contributed by atoms with Gasteiger partial charge in [-0.1, -0.05) is 83.3 Å². The zero-order valence-corrected chi connectivity index (χ0v) is 15.7. The summed E-state index contributed by atoms with van der Waals surface area (Å²) in [4.78, 5) is 12.7. The van der Waals surface area contributed by atoms with Crippen molar-refractivity contribution < 1.29 is 4.79 Å². The van der Waals surface area contributed by atoms with Gasteiger partial charge in [-0.05, 0) is 25.0 Å². The van der Waals surface area contributed by atoms with Gasteiger partial charge in [0.05, 0.1) is 11.3 Å². The molecule has 0 spiro atoms. The third-order valence-electron chi connectivity index (χ3n) is 3.82. The minimum absolute atomic E-state index is 0.0189. The van der Waals surface area contributed by atoms with E-state index in [-0.39, 0.29) is 17.2 Å². The first-order valence-electron chi connectivity index (χ1n) is 7.98. The van der Waals surface area contributed by atoms with Crippen LogP contribution >= 0.6 is 23.1 Å². The van der Waals surface area contributed by atoms with E-state index in [0.29, 0.717) is 0 Å². The Morgan fingerprint density at radius 1 is 1.08 bits per heavy atom. The zero-order chi connectivity index (χ0) is 17.6. The van der Waals surface area contributed by atoms with Crippen LogP contribution in [0.5, 0.6) is 0 Å². The number of rotatable bonds is 6.